The molecule has 0 bridgehead atoms. The van der Waals surface area contributed by atoms with Gasteiger partial charge in [0, 0.05) is 23.6 Å². The summed E-state index contributed by atoms with van der Waals surface area (Å²) in [6.45, 7) is 2.65. The molecule has 0 aliphatic rings. The Balaban J connectivity index is 1.58. The molecule has 0 amide bonds. The Morgan fingerprint density at radius 3 is 2.70 bits per heavy atom. The van der Waals surface area contributed by atoms with Crippen LogP contribution in [-0.4, -0.2) is 19.7 Å². The Kier molecular flexibility index (Phi) is 4.61. The molecule has 5 nitrogen and oxygen atoms in total. The van der Waals surface area contributed by atoms with E-state index in [9.17, 15) is 4.39 Å². The first kappa shape index (κ1) is 16.9. The zero-order chi connectivity index (χ0) is 18.6. The molecule has 27 heavy (non-hydrogen) atoms. The Morgan fingerprint density at radius 2 is 1.89 bits per heavy atom. The van der Waals surface area contributed by atoms with Gasteiger partial charge in [-0.3, -0.25) is 4.68 Å². The maximum absolute atomic E-state index is 13.4. The molecular weight excluding hydrogens is 341 g/mol. The Bertz CT molecular complexity index is 1060. The maximum Gasteiger partial charge on any atom is 0.227 e. The minimum absolute atomic E-state index is 0.311. The molecule has 0 spiro atoms. The summed E-state index contributed by atoms with van der Waals surface area (Å²) in [7, 11) is 0. The van der Waals surface area contributed by atoms with Gasteiger partial charge in [0.25, 0.3) is 0 Å². The number of hydrogen-bond acceptors (Lipinski definition) is 4. The number of aromatic nitrogens is 4. The molecule has 6 heteroatoms. The summed E-state index contributed by atoms with van der Waals surface area (Å²) in [6.07, 6.45) is 3.66. The van der Waals surface area contributed by atoms with Gasteiger partial charge in [-0.15, -0.1) is 0 Å². The third-order valence-corrected chi connectivity index (χ3v) is 4.15. The summed E-state index contributed by atoms with van der Waals surface area (Å²) in [5, 5.41) is 7.63. The van der Waals surface area contributed by atoms with Crippen LogP contribution < -0.4 is 5.32 Å². The van der Waals surface area contributed by atoms with Gasteiger partial charge in [0.1, 0.15) is 5.82 Å². The zero-order valence-electron chi connectivity index (χ0n) is 14.8. The fraction of sp³-hybridized carbons (Fsp3) is 0.0952. The fourth-order valence-electron chi connectivity index (χ4n) is 2.89. The van der Waals surface area contributed by atoms with E-state index in [0.717, 1.165) is 17.0 Å². The molecule has 2 heterocycles. The lowest BCUT2D eigenvalue weighted by atomic mass is 10.2. The third kappa shape index (κ3) is 4.00. The van der Waals surface area contributed by atoms with E-state index in [-0.39, 0.29) is 5.82 Å². The van der Waals surface area contributed by atoms with E-state index in [2.05, 4.69) is 32.5 Å². The van der Waals surface area contributed by atoms with Gasteiger partial charge in [-0.2, -0.15) is 5.10 Å². The third-order valence-electron chi connectivity index (χ3n) is 4.15. The Labute approximate surface area is 156 Å². The Hall–Kier alpha value is -3.54. The highest BCUT2D eigenvalue weighted by atomic mass is 19.1. The molecule has 0 aliphatic heterocycles. The second-order valence-electron chi connectivity index (χ2n) is 6.21. The quantitative estimate of drug-likeness (QED) is 0.567. The van der Waals surface area contributed by atoms with Crippen LogP contribution in [0.2, 0.25) is 0 Å². The smallest absolute Gasteiger partial charge is 0.227 e. The van der Waals surface area contributed by atoms with Gasteiger partial charge in [-0.25, -0.2) is 14.4 Å². The summed E-state index contributed by atoms with van der Waals surface area (Å²) in [5.41, 5.74) is 4.38. The van der Waals surface area contributed by atoms with Crippen LogP contribution in [0, 0.1) is 12.7 Å². The van der Waals surface area contributed by atoms with Crippen molar-refractivity contribution >= 4 is 11.6 Å². The van der Waals surface area contributed by atoms with Crippen molar-refractivity contribution in [3.63, 3.8) is 0 Å². The number of hydrogen-bond donors (Lipinski definition) is 1. The number of rotatable bonds is 5. The summed E-state index contributed by atoms with van der Waals surface area (Å²) in [5.74, 6) is 0.0995. The molecule has 0 radical (unpaired) electrons. The predicted octanol–water partition coefficient (Wildman–Crippen LogP) is 4.58. The first-order valence-electron chi connectivity index (χ1n) is 8.61. The summed E-state index contributed by atoms with van der Waals surface area (Å²) in [6, 6.07) is 18.2. The van der Waals surface area contributed by atoms with Gasteiger partial charge in [0.15, 0.2) is 0 Å². The minimum Gasteiger partial charge on any atom is -0.324 e. The van der Waals surface area contributed by atoms with Gasteiger partial charge in [-0.05, 0) is 36.8 Å². The standard InChI is InChI=1S/C21H18FN5/c1-15-19(14-27(26-15)13-16-6-3-2-4-7-16)20-10-11-23-21(25-20)24-18-9-5-8-17(22)12-18/h2-12,14H,13H2,1H3,(H,23,24,25). The molecular formula is C21H18FN5. The van der Waals surface area contributed by atoms with E-state index in [1.807, 2.05) is 42.1 Å². The molecule has 0 aliphatic carbocycles. The van der Waals surface area contributed by atoms with Gasteiger partial charge >= 0.3 is 0 Å². The van der Waals surface area contributed by atoms with Gasteiger partial charge < -0.3 is 5.32 Å². The normalized spacial score (nSPS) is 10.7. The highest BCUT2D eigenvalue weighted by molar-refractivity contribution is 5.63. The van der Waals surface area contributed by atoms with Crippen molar-refractivity contribution in [1.82, 2.24) is 19.7 Å². The molecule has 0 saturated carbocycles. The molecule has 1 N–H and O–H groups in total. The van der Waals surface area contributed by atoms with Crippen LogP contribution in [0.3, 0.4) is 0 Å². The van der Waals surface area contributed by atoms with E-state index in [1.165, 1.54) is 17.7 Å². The van der Waals surface area contributed by atoms with Crippen LogP contribution in [0.4, 0.5) is 16.0 Å². The van der Waals surface area contributed by atoms with E-state index in [1.54, 1.807) is 18.3 Å². The summed E-state index contributed by atoms with van der Waals surface area (Å²) >= 11 is 0. The average Bonchev–Trinajstić information content (AvgIpc) is 3.03. The minimum atomic E-state index is -0.311. The number of nitrogens with one attached hydrogen (secondary N) is 1. The lowest BCUT2D eigenvalue weighted by Crippen LogP contribution is -1.99. The second-order valence-corrected chi connectivity index (χ2v) is 6.21. The maximum atomic E-state index is 13.4. The van der Waals surface area contributed by atoms with Crippen molar-refractivity contribution in [3.05, 3.63) is 90.1 Å². The monoisotopic (exact) mass is 359 g/mol. The zero-order valence-corrected chi connectivity index (χ0v) is 14.8. The molecule has 0 saturated heterocycles. The second kappa shape index (κ2) is 7.37. The number of anilines is 2. The van der Waals surface area contributed by atoms with Crippen molar-refractivity contribution in [2.75, 3.05) is 5.32 Å². The number of nitrogens with zero attached hydrogens (tertiary/aromatic N) is 4. The lowest BCUT2D eigenvalue weighted by molar-refractivity contribution is 0.628. The van der Waals surface area contributed by atoms with Crippen LogP contribution >= 0.6 is 0 Å². The number of halogens is 1. The fourth-order valence-corrected chi connectivity index (χ4v) is 2.89. The highest BCUT2D eigenvalue weighted by Gasteiger charge is 2.10. The van der Waals surface area contributed by atoms with Crippen LogP contribution in [0.25, 0.3) is 11.3 Å². The number of aryl methyl sites for hydroxylation is 1. The largest absolute Gasteiger partial charge is 0.324 e. The van der Waals surface area contributed by atoms with E-state index in [0.29, 0.717) is 18.2 Å². The van der Waals surface area contributed by atoms with E-state index in [4.69, 9.17) is 0 Å². The first-order chi connectivity index (χ1) is 13.2. The lowest BCUT2D eigenvalue weighted by Gasteiger charge is -2.06. The van der Waals surface area contributed by atoms with Gasteiger partial charge in [0.05, 0.1) is 17.9 Å². The van der Waals surface area contributed by atoms with Gasteiger partial charge in [0.2, 0.25) is 5.95 Å². The topological polar surface area (TPSA) is 55.6 Å². The molecule has 0 fully saturated rings. The summed E-state index contributed by atoms with van der Waals surface area (Å²) in [4.78, 5) is 8.77. The molecule has 2 aromatic carbocycles. The van der Waals surface area contributed by atoms with E-state index >= 15 is 0 Å². The molecule has 0 atom stereocenters. The predicted molar refractivity (Wildman–Crippen MR) is 103 cm³/mol. The van der Waals surface area contributed by atoms with Crippen molar-refractivity contribution in [3.8, 4) is 11.3 Å². The molecule has 4 rings (SSSR count). The highest BCUT2D eigenvalue weighted by Crippen LogP contribution is 2.23. The Morgan fingerprint density at radius 1 is 1.04 bits per heavy atom. The molecule has 134 valence electrons. The molecule has 4 aromatic rings. The van der Waals surface area contributed by atoms with Gasteiger partial charge in [-0.1, -0.05) is 36.4 Å². The van der Waals surface area contributed by atoms with Crippen LogP contribution in [0.5, 0.6) is 0 Å². The number of benzene rings is 2. The average molecular weight is 359 g/mol. The van der Waals surface area contributed by atoms with E-state index < -0.39 is 0 Å². The van der Waals surface area contributed by atoms with Crippen molar-refractivity contribution in [1.29, 1.82) is 0 Å². The van der Waals surface area contributed by atoms with Crippen LogP contribution in [-0.2, 0) is 6.54 Å². The van der Waals surface area contributed by atoms with Crippen LogP contribution in [0.15, 0.2) is 73.1 Å². The molecule has 2 aromatic heterocycles. The summed E-state index contributed by atoms with van der Waals surface area (Å²) < 4.78 is 15.3. The first-order valence-corrected chi connectivity index (χ1v) is 8.61. The van der Waals surface area contributed by atoms with Crippen LogP contribution in [0.1, 0.15) is 11.3 Å². The van der Waals surface area contributed by atoms with Crippen molar-refractivity contribution in [2.24, 2.45) is 0 Å². The SMILES string of the molecule is Cc1nn(Cc2ccccc2)cc1-c1ccnc(Nc2cccc(F)c2)n1. The van der Waals surface area contributed by atoms with Crippen molar-refractivity contribution in [2.45, 2.75) is 13.5 Å². The molecule has 0 unspecified atom stereocenters. The van der Waals surface area contributed by atoms with Crippen molar-refractivity contribution < 1.29 is 4.39 Å².